The third kappa shape index (κ3) is 5.13. The highest BCUT2D eigenvalue weighted by Crippen LogP contribution is 2.28. The molecule has 0 aromatic rings. The monoisotopic (exact) mass is 269 g/mol. The average Bonchev–Trinajstić information content (AvgIpc) is 2.74. The van der Waals surface area contributed by atoms with E-state index >= 15 is 0 Å². The fourth-order valence-corrected chi connectivity index (χ4v) is 3.20. The SMILES string of the molecule is CCC.COC(=O)[C@@H]1CCCN1C1CCCCCC1. The van der Waals surface area contributed by atoms with E-state index in [2.05, 4.69) is 18.7 Å². The molecule has 0 radical (unpaired) electrons. The van der Waals surface area contributed by atoms with Crippen LogP contribution in [0, 0.1) is 0 Å². The Labute approximate surface area is 118 Å². The number of hydrogen-bond acceptors (Lipinski definition) is 3. The van der Waals surface area contributed by atoms with Gasteiger partial charge in [0.2, 0.25) is 0 Å². The maximum absolute atomic E-state index is 11.7. The highest BCUT2D eigenvalue weighted by atomic mass is 16.5. The second-order valence-corrected chi connectivity index (χ2v) is 5.77. The summed E-state index contributed by atoms with van der Waals surface area (Å²) in [5.74, 6) is -0.0262. The quantitative estimate of drug-likeness (QED) is 0.564. The Bertz CT molecular complexity index is 247. The van der Waals surface area contributed by atoms with Gasteiger partial charge in [-0.05, 0) is 32.2 Å². The smallest absolute Gasteiger partial charge is 0.323 e. The molecule has 2 rings (SSSR count). The molecule has 2 aliphatic rings. The number of carbonyl (C=O) groups excluding carboxylic acids is 1. The van der Waals surface area contributed by atoms with Crippen LogP contribution in [0.15, 0.2) is 0 Å². The van der Waals surface area contributed by atoms with E-state index in [-0.39, 0.29) is 12.0 Å². The summed E-state index contributed by atoms with van der Waals surface area (Å²) >= 11 is 0. The first-order valence-electron chi connectivity index (χ1n) is 8.08. The maximum Gasteiger partial charge on any atom is 0.323 e. The van der Waals surface area contributed by atoms with Crippen molar-refractivity contribution in [3.05, 3.63) is 0 Å². The van der Waals surface area contributed by atoms with Crippen LogP contribution in [-0.2, 0) is 9.53 Å². The standard InChI is InChI=1S/C13H23NO2.C3H8/c1-16-13(15)12-9-6-10-14(12)11-7-4-2-3-5-8-11;1-3-2/h11-12H,2-10H2,1H3;3H2,1-2H3/t12-;/m0./s1. The number of likely N-dealkylation sites (tertiary alicyclic amines) is 1. The molecule has 1 heterocycles. The number of rotatable bonds is 2. The second-order valence-electron chi connectivity index (χ2n) is 5.77. The van der Waals surface area contributed by atoms with Gasteiger partial charge in [-0.15, -0.1) is 0 Å². The average molecular weight is 269 g/mol. The first kappa shape index (κ1) is 16.5. The van der Waals surface area contributed by atoms with Crippen molar-refractivity contribution < 1.29 is 9.53 Å². The minimum absolute atomic E-state index is 0.0262. The minimum atomic E-state index is -0.0262. The molecule has 0 N–H and O–H groups in total. The zero-order valence-electron chi connectivity index (χ0n) is 13.0. The molecule has 0 aromatic heterocycles. The third-order valence-corrected chi connectivity index (χ3v) is 4.06. The minimum Gasteiger partial charge on any atom is -0.468 e. The number of hydrogen-bond donors (Lipinski definition) is 0. The summed E-state index contributed by atoms with van der Waals surface area (Å²) in [4.78, 5) is 14.1. The van der Waals surface area contributed by atoms with Crippen LogP contribution in [0.1, 0.15) is 71.6 Å². The molecule has 1 saturated heterocycles. The van der Waals surface area contributed by atoms with E-state index in [0.717, 1.165) is 19.4 Å². The molecule has 0 spiro atoms. The summed E-state index contributed by atoms with van der Waals surface area (Å²) in [6, 6.07) is 0.683. The number of nitrogens with zero attached hydrogens (tertiary/aromatic N) is 1. The molecular formula is C16H31NO2. The molecule has 3 nitrogen and oxygen atoms in total. The van der Waals surface area contributed by atoms with Gasteiger partial charge in [-0.1, -0.05) is 46.0 Å². The molecule has 1 saturated carbocycles. The zero-order chi connectivity index (χ0) is 14.1. The van der Waals surface area contributed by atoms with Crippen LogP contribution >= 0.6 is 0 Å². The van der Waals surface area contributed by atoms with Crippen molar-refractivity contribution in [1.82, 2.24) is 4.90 Å². The van der Waals surface area contributed by atoms with Crippen molar-refractivity contribution in [2.75, 3.05) is 13.7 Å². The molecule has 3 heteroatoms. The van der Waals surface area contributed by atoms with Gasteiger partial charge in [0.1, 0.15) is 6.04 Å². The predicted molar refractivity (Wildman–Crippen MR) is 79.2 cm³/mol. The first-order valence-corrected chi connectivity index (χ1v) is 8.08. The lowest BCUT2D eigenvalue weighted by Gasteiger charge is -2.30. The fraction of sp³-hybridized carbons (Fsp3) is 0.938. The normalized spacial score (nSPS) is 25.3. The van der Waals surface area contributed by atoms with Gasteiger partial charge in [0.25, 0.3) is 0 Å². The largest absolute Gasteiger partial charge is 0.468 e. The van der Waals surface area contributed by atoms with Crippen LogP contribution in [0.2, 0.25) is 0 Å². The Morgan fingerprint density at radius 2 is 1.63 bits per heavy atom. The van der Waals surface area contributed by atoms with Crippen molar-refractivity contribution in [3.8, 4) is 0 Å². The van der Waals surface area contributed by atoms with Crippen LogP contribution in [-0.4, -0.2) is 36.6 Å². The van der Waals surface area contributed by atoms with Gasteiger partial charge >= 0.3 is 5.97 Å². The molecule has 0 aromatic carbocycles. The highest BCUT2D eigenvalue weighted by molar-refractivity contribution is 5.76. The molecular weight excluding hydrogens is 238 g/mol. The maximum atomic E-state index is 11.7. The van der Waals surface area contributed by atoms with E-state index in [1.165, 1.54) is 52.1 Å². The Morgan fingerprint density at radius 1 is 1.05 bits per heavy atom. The topological polar surface area (TPSA) is 29.5 Å². The summed E-state index contributed by atoms with van der Waals surface area (Å²) in [6.45, 7) is 5.34. The van der Waals surface area contributed by atoms with Gasteiger partial charge in [-0.25, -0.2) is 0 Å². The Morgan fingerprint density at radius 3 is 2.16 bits per heavy atom. The summed E-state index contributed by atoms with van der Waals surface area (Å²) < 4.78 is 4.91. The van der Waals surface area contributed by atoms with Gasteiger partial charge < -0.3 is 4.74 Å². The summed E-state index contributed by atoms with van der Waals surface area (Å²) in [7, 11) is 1.51. The van der Waals surface area contributed by atoms with Crippen LogP contribution in [0.5, 0.6) is 0 Å². The highest BCUT2D eigenvalue weighted by Gasteiger charge is 2.35. The number of ether oxygens (including phenoxy) is 1. The molecule has 1 aliphatic heterocycles. The lowest BCUT2D eigenvalue weighted by atomic mass is 10.1. The number of carbonyl (C=O) groups is 1. The van der Waals surface area contributed by atoms with Crippen LogP contribution in [0.3, 0.4) is 0 Å². The van der Waals surface area contributed by atoms with E-state index in [9.17, 15) is 4.79 Å². The third-order valence-electron chi connectivity index (χ3n) is 4.06. The van der Waals surface area contributed by atoms with E-state index < -0.39 is 0 Å². The van der Waals surface area contributed by atoms with Gasteiger partial charge in [0.05, 0.1) is 7.11 Å². The van der Waals surface area contributed by atoms with Crippen LogP contribution in [0.4, 0.5) is 0 Å². The van der Waals surface area contributed by atoms with E-state index in [1.54, 1.807) is 0 Å². The lowest BCUT2D eigenvalue weighted by Crippen LogP contribution is -2.43. The predicted octanol–water partition coefficient (Wildman–Crippen LogP) is 3.76. The van der Waals surface area contributed by atoms with Gasteiger partial charge in [-0.3, -0.25) is 9.69 Å². The molecule has 1 aliphatic carbocycles. The van der Waals surface area contributed by atoms with Crippen molar-refractivity contribution >= 4 is 5.97 Å². The van der Waals surface area contributed by atoms with Crippen LogP contribution < -0.4 is 0 Å². The lowest BCUT2D eigenvalue weighted by molar-refractivity contribution is -0.146. The van der Waals surface area contributed by atoms with E-state index in [1.807, 2.05) is 0 Å². The molecule has 112 valence electrons. The number of methoxy groups -OCH3 is 1. The van der Waals surface area contributed by atoms with E-state index in [4.69, 9.17) is 4.74 Å². The molecule has 0 amide bonds. The summed E-state index contributed by atoms with van der Waals surface area (Å²) in [5.41, 5.74) is 0. The number of esters is 1. The molecule has 2 fully saturated rings. The molecule has 19 heavy (non-hydrogen) atoms. The molecule has 0 unspecified atom stereocenters. The molecule has 1 atom stereocenters. The van der Waals surface area contributed by atoms with Crippen molar-refractivity contribution in [2.24, 2.45) is 0 Å². The Balaban J connectivity index is 0.000000550. The summed E-state index contributed by atoms with van der Waals surface area (Å²) in [6.07, 6.45) is 11.3. The van der Waals surface area contributed by atoms with Gasteiger partial charge in [0, 0.05) is 6.04 Å². The van der Waals surface area contributed by atoms with E-state index in [0.29, 0.717) is 6.04 Å². The van der Waals surface area contributed by atoms with Gasteiger partial charge in [-0.2, -0.15) is 0 Å². The Kier molecular flexibility index (Phi) is 8.11. The second kappa shape index (κ2) is 9.35. The van der Waals surface area contributed by atoms with Gasteiger partial charge in [0.15, 0.2) is 0 Å². The fourth-order valence-electron chi connectivity index (χ4n) is 3.20. The Hall–Kier alpha value is -0.570. The zero-order valence-corrected chi connectivity index (χ0v) is 13.0. The van der Waals surface area contributed by atoms with Crippen LogP contribution in [0.25, 0.3) is 0 Å². The van der Waals surface area contributed by atoms with Crippen molar-refractivity contribution in [3.63, 3.8) is 0 Å². The van der Waals surface area contributed by atoms with Crippen molar-refractivity contribution in [2.45, 2.75) is 83.7 Å². The van der Waals surface area contributed by atoms with Crippen molar-refractivity contribution in [1.29, 1.82) is 0 Å². The summed E-state index contributed by atoms with van der Waals surface area (Å²) in [5, 5.41) is 0. The molecule has 0 bridgehead atoms. The first-order chi connectivity index (χ1) is 9.24.